The lowest BCUT2D eigenvalue weighted by molar-refractivity contribution is -0.115. The van der Waals surface area contributed by atoms with E-state index in [-0.39, 0.29) is 5.91 Å². The van der Waals surface area contributed by atoms with E-state index in [1.807, 2.05) is 36.4 Å². The first kappa shape index (κ1) is 18.5. The first-order chi connectivity index (χ1) is 12.7. The van der Waals surface area contributed by atoms with Gasteiger partial charge in [0.2, 0.25) is 5.91 Å². The normalized spacial score (nSPS) is 11.0. The van der Waals surface area contributed by atoms with E-state index >= 15 is 0 Å². The van der Waals surface area contributed by atoms with Crippen LogP contribution in [0.1, 0.15) is 37.7 Å². The molecule has 5 nitrogen and oxygen atoms in total. The van der Waals surface area contributed by atoms with Crippen molar-refractivity contribution >= 4 is 34.4 Å². The Labute approximate surface area is 158 Å². The molecular weight excluding hydrogens is 344 g/mol. The monoisotopic (exact) mass is 368 g/mol. The number of imidazole rings is 1. The van der Waals surface area contributed by atoms with Gasteiger partial charge in [0.25, 0.3) is 0 Å². The number of carbonyl (C=O) groups is 1. The summed E-state index contributed by atoms with van der Waals surface area (Å²) >= 11 is 1.72. The average Bonchev–Trinajstić information content (AvgIpc) is 3.06. The topological polar surface area (TPSA) is 70.7 Å². The summed E-state index contributed by atoms with van der Waals surface area (Å²) in [5, 5.41) is 2.97. The maximum atomic E-state index is 12.1. The molecule has 3 aromatic rings. The molecule has 0 aliphatic heterocycles. The first-order valence-electron chi connectivity index (χ1n) is 9.00. The lowest BCUT2D eigenvalue weighted by Gasteiger charge is -2.05. The molecule has 2 N–H and O–H groups in total. The smallest absolute Gasteiger partial charge is 0.225 e. The number of carbonyl (C=O) groups excluding carboxylic acids is 1. The number of aromatic amines is 1. The molecule has 0 aliphatic rings. The predicted molar refractivity (Wildman–Crippen MR) is 108 cm³/mol. The summed E-state index contributed by atoms with van der Waals surface area (Å²) in [5.74, 6) is 2.64. The van der Waals surface area contributed by atoms with Gasteiger partial charge in [-0.25, -0.2) is 4.98 Å². The highest BCUT2D eigenvalue weighted by Gasteiger charge is 2.06. The van der Waals surface area contributed by atoms with Gasteiger partial charge in [-0.05, 0) is 36.8 Å². The van der Waals surface area contributed by atoms with Crippen LogP contribution in [0, 0.1) is 0 Å². The molecular formula is C20H24N4OS. The molecule has 1 amide bonds. The minimum atomic E-state index is 0.0311. The Balaban J connectivity index is 1.47. The van der Waals surface area contributed by atoms with Crippen molar-refractivity contribution in [2.45, 2.75) is 38.4 Å². The van der Waals surface area contributed by atoms with Crippen LogP contribution in [-0.4, -0.2) is 26.6 Å². The number of hydrogen-bond donors (Lipinski definition) is 2. The maximum Gasteiger partial charge on any atom is 0.225 e. The lowest BCUT2D eigenvalue weighted by atomic mass is 10.2. The van der Waals surface area contributed by atoms with Crippen LogP contribution in [0.15, 0.2) is 42.6 Å². The molecule has 0 saturated heterocycles. The Hall–Kier alpha value is -2.34. The number of nitrogens with zero attached hydrogens (tertiary/aromatic N) is 2. The number of H-pyrrole nitrogens is 1. The van der Waals surface area contributed by atoms with Gasteiger partial charge in [0, 0.05) is 36.2 Å². The number of nitrogens with one attached hydrogen (secondary N) is 2. The van der Waals surface area contributed by atoms with Crippen molar-refractivity contribution in [2.24, 2.45) is 0 Å². The Morgan fingerprint density at radius 3 is 3.00 bits per heavy atom. The van der Waals surface area contributed by atoms with Gasteiger partial charge in [0.05, 0.1) is 16.7 Å². The zero-order valence-electron chi connectivity index (χ0n) is 15.0. The Bertz CT molecular complexity index is 847. The van der Waals surface area contributed by atoms with Gasteiger partial charge in [0.15, 0.2) is 0 Å². The van der Waals surface area contributed by atoms with Crippen molar-refractivity contribution in [1.29, 1.82) is 0 Å². The zero-order chi connectivity index (χ0) is 18.2. The highest BCUT2D eigenvalue weighted by molar-refractivity contribution is 7.98. The van der Waals surface area contributed by atoms with Crippen LogP contribution in [0.25, 0.3) is 11.0 Å². The van der Waals surface area contributed by atoms with E-state index in [2.05, 4.69) is 27.2 Å². The van der Waals surface area contributed by atoms with Gasteiger partial charge in [-0.15, -0.1) is 0 Å². The molecule has 0 spiro atoms. The summed E-state index contributed by atoms with van der Waals surface area (Å²) in [5.41, 5.74) is 3.77. The van der Waals surface area contributed by atoms with Crippen molar-refractivity contribution in [3.05, 3.63) is 54.1 Å². The number of pyridine rings is 1. The third-order valence-corrected chi connectivity index (χ3v) is 5.02. The van der Waals surface area contributed by atoms with Crippen LogP contribution < -0.4 is 5.32 Å². The van der Waals surface area contributed by atoms with Gasteiger partial charge in [0.1, 0.15) is 5.82 Å². The first-order valence-corrected chi connectivity index (χ1v) is 10.2. The molecule has 0 atom stereocenters. The summed E-state index contributed by atoms with van der Waals surface area (Å²) in [4.78, 5) is 24.3. The molecule has 0 aliphatic carbocycles. The second-order valence-electron chi connectivity index (χ2n) is 6.19. The van der Waals surface area contributed by atoms with Crippen LogP contribution >= 0.6 is 11.8 Å². The molecule has 0 saturated carbocycles. The number of rotatable bonds is 9. The Morgan fingerprint density at radius 1 is 1.27 bits per heavy atom. The molecule has 6 heteroatoms. The minimum Gasteiger partial charge on any atom is -0.342 e. The van der Waals surface area contributed by atoms with E-state index in [0.29, 0.717) is 6.42 Å². The number of aryl methyl sites for hydroxylation is 1. The summed E-state index contributed by atoms with van der Waals surface area (Å²) in [6, 6.07) is 11.7. The number of unbranched alkanes of at least 4 members (excludes halogenated alkanes) is 1. The van der Waals surface area contributed by atoms with Crippen LogP contribution in [0.4, 0.5) is 5.69 Å². The second kappa shape index (κ2) is 9.38. The van der Waals surface area contributed by atoms with Crippen LogP contribution in [0.3, 0.4) is 0 Å². The van der Waals surface area contributed by atoms with E-state index in [0.717, 1.165) is 59.0 Å². The van der Waals surface area contributed by atoms with Crippen LogP contribution in [-0.2, 0) is 17.0 Å². The molecule has 3 rings (SSSR count). The maximum absolute atomic E-state index is 12.1. The quantitative estimate of drug-likeness (QED) is 0.543. The number of amides is 1. The molecule has 2 aromatic heterocycles. The predicted octanol–water partition coefficient (Wildman–Crippen LogP) is 4.56. The molecule has 136 valence electrons. The van der Waals surface area contributed by atoms with Crippen molar-refractivity contribution < 1.29 is 4.79 Å². The summed E-state index contributed by atoms with van der Waals surface area (Å²) in [7, 11) is 0. The average molecular weight is 369 g/mol. The summed E-state index contributed by atoms with van der Waals surface area (Å²) < 4.78 is 0. The number of aromatic nitrogens is 3. The fraction of sp³-hybridized carbons (Fsp3) is 0.350. The molecule has 0 unspecified atom stereocenters. The van der Waals surface area contributed by atoms with Crippen molar-refractivity contribution in [3.63, 3.8) is 0 Å². The Kier molecular flexibility index (Phi) is 6.66. The number of benzene rings is 1. The zero-order valence-corrected chi connectivity index (χ0v) is 15.8. The number of hydrogen-bond acceptors (Lipinski definition) is 4. The van der Waals surface area contributed by atoms with E-state index in [4.69, 9.17) is 0 Å². The highest BCUT2D eigenvalue weighted by Crippen LogP contribution is 2.19. The van der Waals surface area contributed by atoms with E-state index in [9.17, 15) is 4.79 Å². The van der Waals surface area contributed by atoms with Gasteiger partial charge >= 0.3 is 0 Å². The number of anilines is 1. The molecule has 0 fully saturated rings. The molecule has 0 radical (unpaired) electrons. The van der Waals surface area contributed by atoms with Gasteiger partial charge < -0.3 is 10.3 Å². The molecule has 0 bridgehead atoms. The minimum absolute atomic E-state index is 0.0311. The molecule has 1 aromatic carbocycles. The third kappa shape index (κ3) is 5.33. The fourth-order valence-corrected chi connectivity index (χ4v) is 3.51. The van der Waals surface area contributed by atoms with Crippen LogP contribution in [0.5, 0.6) is 0 Å². The van der Waals surface area contributed by atoms with E-state index < -0.39 is 0 Å². The van der Waals surface area contributed by atoms with Crippen molar-refractivity contribution in [3.8, 4) is 0 Å². The van der Waals surface area contributed by atoms with Crippen molar-refractivity contribution in [1.82, 2.24) is 15.0 Å². The molecule has 26 heavy (non-hydrogen) atoms. The Morgan fingerprint density at radius 2 is 2.19 bits per heavy atom. The third-order valence-electron chi connectivity index (χ3n) is 4.03. The number of thioether (sulfide) groups is 1. The second-order valence-corrected chi connectivity index (χ2v) is 7.30. The SMILES string of the molecule is CCCCc1nc2ccc(NC(=O)CCSCc3ccccn3)cc2[nH]1. The fourth-order valence-electron chi connectivity index (χ4n) is 2.65. The number of fused-ring (bicyclic) bond motifs is 1. The van der Waals surface area contributed by atoms with Gasteiger partial charge in [-0.1, -0.05) is 19.4 Å². The van der Waals surface area contributed by atoms with Crippen LogP contribution in [0.2, 0.25) is 0 Å². The lowest BCUT2D eigenvalue weighted by Crippen LogP contribution is -2.12. The summed E-state index contributed by atoms with van der Waals surface area (Å²) in [6.07, 6.45) is 5.51. The van der Waals surface area contributed by atoms with E-state index in [1.54, 1.807) is 18.0 Å². The van der Waals surface area contributed by atoms with Gasteiger partial charge in [-0.3, -0.25) is 9.78 Å². The molecule has 2 heterocycles. The van der Waals surface area contributed by atoms with E-state index in [1.165, 1.54) is 0 Å². The standard InChI is InChI=1S/C20H24N4OS/c1-2-3-7-19-23-17-9-8-15(13-18(17)24-19)22-20(25)10-12-26-14-16-6-4-5-11-21-16/h4-6,8-9,11,13H,2-3,7,10,12,14H2,1H3,(H,22,25)(H,23,24). The van der Waals surface area contributed by atoms with Crippen molar-refractivity contribution in [2.75, 3.05) is 11.1 Å². The van der Waals surface area contributed by atoms with Gasteiger partial charge in [-0.2, -0.15) is 11.8 Å². The summed E-state index contributed by atoms with van der Waals surface area (Å²) in [6.45, 7) is 2.17. The largest absolute Gasteiger partial charge is 0.342 e. The highest BCUT2D eigenvalue weighted by atomic mass is 32.2.